The van der Waals surface area contributed by atoms with E-state index in [1.807, 2.05) is 0 Å². The van der Waals surface area contributed by atoms with Crippen molar-refractivity contribution < 1.29 is 18.7 Å². The minimum absolute atomic E-state index is 0.109. The van der Waals surface area contributed by atoms with Crippen molar-refractivity contribution >= 4 is 46.5 Å². The number of rotatable bonds is 7. The molecule has 0 saturated carbocycles. The number of nitrogens with zero attached hydrogens (tertiary/aromatic N) is 1. The molecule has 0 aromatic heterocycles. The molecule has 2 N–H and O–H groups in total. The fourth-order valence-electron chi connectivity index (χ4n) is 2.23. The first kappa shape index (κ1) is 20.8. The number of ether oxygens (including phenoxy) is 1. The van der Waals surface area contributed by atoms with Gasteiger partial charge in [0, 0.05) is 30.5 Å². The van der Waals surface area contributed by atoms with E-state index in [1.165, 1.54) is 36.3 Å². The molecule has 2 aromatic carbocycles. The monoisotopic (exact) mass is 413 g/mol. The first-order valence-corrected chi connectivity index (χ1v) is 8.82. The van der Waals surface area contributed by atoms with E-state index in [9.17, 15) is 14.0 Å². The fourth-order valence-corrected chi connectivity index (χ4v) is 2.38. The van der Waals surface area contributed by atoms with Crippen LogP contribution >= 0.6 is 23.2 Å². The van der Waals surface area contributed by atoms with Crippen molar-refractivity contribution in [3.8, 4) is 5.75 Å². The third-order valence-electron chi connectivity index (χ3n) is 3.54. The molecule has 27 heavy (non-hydrogen) atoms. The highest BCUT2D eigenvalue weighted by Gasteiger charge is 2.18. The topological polar surface area (TPSA) is 70.7 Å². The summed E-state index contributed by atoms with van der Waals surface area (Å²) < 4.78 is 18.3. The van der Waals surface area contributed by atoms with Crippen LogP contribution in [-0.2, 0) is 4.79 Å². The third-order valence-corrected chi connectivity index (χ3v) is 3.93. The van der Waals surface area contributed by atoms with Crippen LogP contribution < -0.4 is 20.3 Å². The molecule has 3 amide bonds. The Morgan fingerprint density at radius 2 is 1.89 bits per heavy atom. The first-order chi connectivity index (χ1) is 12.9. The summed E-state index contributed by atoms with van der Waals surface area (Å²) in [6.07, 6.45) is 0. The van der Waals surface area contributed by atoms with Crippen LogP contribution in [0.3, 0.4) is 0 Å². The number of hydrogen-bond donors (Lipinski definition) is 2. The van der Waals surface area contributed by atoms with Crippen LogP contribution in [0.2, 0.25) is 0 Å². The second-order valence-corrected chi connectivity index (χ2v) is 6.48. The summed E-state index contributed by atoms with van der Waals surface area (Å²) in [5.41, 5.74) is 0.983. The Kier molecular flexibility index (Phi) is 7.69. The summed E-state index contributed by atoms with van der Waals surface area (Å²) in [5, 5.41) is 5.25. The van der Waals surface area contributed by atoms with Gasteiger partial charge >= 0.3 is 6.03 Å². The zero-order valence-electron chi connectivity index (χ0n) is 14.4. The van der Waals surface area contributed by atoms with E-state index in [0.29, 0.717) is 17.1 Å². The van der Waals surface area contributed by atoms with Crippen molar-refractivity contribution in [3.05, 3.63) is 54.3 Å². The smallest absolute Gasteiger partial charge is 0.326 e. The van der Waals surface area contributed by atoms with Crippen LogP contribution in [-0.4, -0.2) is 37.0 Å². The van der Waals surface area contributed by atoms with Gasteiger partial charge in [0.15, 0.2) is 4.84 Å². The van der Waals surface area contributed by atoms with Crippen molar-refractivity contribution in [1.82, 2.24) is 5.32 Å². The molecule has 0 fully saturated rings. The first-order valence-electron chi connectivity index (χ1n) is 7.94. The Labute approximate surface area is 166 Å². The number of amides is 3. The van der Waals surface area contributed by atoms with Crippen LogP contribution in [0.4, 0.5) is 20.6 Å². The zero-order chi connectivity index (χ0) is 19.8. The van der Waals surface area contributed by atoms with Gasteiger partial charge in [0.05, 0.1) is 7.11 Å². The second kappa shape index (κ2) is 9.99. The number of carbonyl (C=O) groups excluding carboxylic acids is 2. The minimum atomic E-state index is -1.20. The maximum Gasteiger partial charge on any atom is 0.326 e. The molecule has 0 aliphatic carbocycles. The number of carbonyl (C=O) groups is 2. The lowest BCUT2D eigenvalue weighted by Crippen LogP contribution is -2.42. The van der Waals surface area contributed by atoms with E-state index < -0.39 is 22.6 Å². The lowest BCUT2D eigenvalue weighted by atomic mass is 10.2. The molecule has 0 saturated heterocycles. The summed E-state index contributed by atoms with van der Waals surface area (Å²) in [6.45, 7) is 0.228. The van der Waals surface area contributed by atoms with E-state index in [0.717, 1.165) is 0 Å². The van der Waals surface area contributed by atoms with Crippen molar-refractivity contribution in [2.24, 2.45) is 0 Å². The minimum Gasteiger partial charge on any atom is -0.497 e. The van der Waals surface area contributed by atoms with E-state index in [4.69, 9.17) is 27.9 Å². The predicted octanol–water partition coefficient (Wildman–Crippen LogP) is 3.79. The molecule has 0 unspecified atom stereocenters. The highest BCUT2D eigenvalue weighted by Crippen LogP contribution is 2.20. The van der Waals surface area contributed by atoms with Gasteiger partial charge in [-0.05, 0) is 36.4 Å². The van der Waals surface area contributed by atoms with Crippen molar-refractivity contribution in [1.29, 1.82) is 0 Å². The van der Waals surface area contributed by atoms with Gasteiger partial charge in [-0.25, -0.2) is 9.18 Å². The van der Waals surface area contributed by atoms with Crippen LogP contribution in [0, 0.1) is 5.82 Å². The number of anilines is 2. The predicted molar refractivity (Wildman–Crippen MR) is 104 cm³/mol. The summed E-state index contributed by atoms with van der Waals surface area (Å²) in [5.74, 6) is -0.401. The van der Waals surface area contributed by atoms with Gasteiger partial charge in [-0.3, -0.25) is 9.69 Å². The Hall–Kier alpha value is -2.51. The fraction of sp³-hybridized carbons (Fsp3) is 0.222. The molecule has 0 spiro atoms. The van der Waals surface area contributed by atoms with Crippen LogP contribution in [0.15, 0.2) is 48.5 Å². The number of methoxy groups -OCH3 is 1. The number of hydrogen-bond acceptors (Lipinski definition) is 3. The molecule has 2 aromatic rings. The van der Waals surface area contributed by atoms with Crippen LogP contribution in [0.25, 0.3) is 0 Å². The molecule has 0 bridgehead atoms. The van der Waals surface area contributed by atoms with Gasteiger partial charge in [0.1, 0.15) is 11.6 Å². The molecular formula is C18H18Cl2FN3O3. The van der Waals surface area contributed by atoms with Gasteiger partial charge in [-0.15, -0.1) is 0 Å². The van der Waals surface area contributed by atoms with Gasteiger partial charge in [-0.2, -0.15) is 0 Å². The van der Waals surface area contributed by atoms with E-state index >= 15 is 0 Å². The van der Waals surface area contributed by atoms with Crippen LogP contribution in [0.5, 0.6) is 5.75 Å². The van der Waals surface area contributed by atoms with Crippen molar-refractivity contribution in [2.45, 2.75) is 4.84 Å². The standard InChI is InChI=1S/C18H18Cl2FN3O3/c1-27-15-4-2-3-13(11-15)23-18(26)24(10-9-22-17(25)16(19)20)14-7-5-12(21)6-8-14/h2-8,11,16H,9-10H2,1H3,(H,22,25)(H,23,26). The molecule has 9 heteroatoms. The van der Waals surface area contributed by atoms with E-state index in [1.54, 1.807) is 24.3 Å². The highest BCUT2D eigenvalue weighted by molar-refractivity contribution is 6.53. The number of halogens is 3. The highest BCUT2D eigenvalue weighted by atomic mass is 35.5. The Morgan fingerprint density at radius 3 is 2.52 bits per heavy atom. The average Bonchev–Trinajstić information content (AvgIpc) is 2.66. The SMILES string of the molecule is COc1cccc(NC(=O)N(CCNC(=O)C(Cl)Cl)c2ccc(F)cc2)c1. The maximum atomic E-state index is 13.2. The quantitative estimate of drug-likeness (QED) is 0.678. The molecule has 6 nitrogen and oxygen atoms in total. The second-order valence-electron chi connectivity index (χ2n) is 5.38. The van der Waals surface area contributed by atoms with Gasteiger partial charge in [0.25, 0.3) is 5.91 Å². The largest absolute Gasteiger partial charge is 0.497 e. The van der Waals surface area contributed by atoms with Gasteiger partial charge in [0.2, 0.25) is 0 Å². The van der Waals surface area contributed by atoms with E-state index in [2.05, 4.69) is 10.6 Å². The molecule has 0 radical (unpaired) electrons. The van der Waals surface area contributed by atoms with Gasteiger partial charge < -0.3 is 15.4 Å². The lowest BCUT2D eigenvalue weighted by Gasteiger charge is -2.23. The summed E-state index contributed by atoms with van der Waals surface area (Å²) in [7, 11) is 1.52. The van der Waals surface area contributed by atoms with Crippen LogP contribution in [0.1, 0.15) is 0 Å². The summed E-state index contributed by atoms with van der Waals surface area (Å²) in [6, 6.07) is 11.8. The molecule has 2 rings (SSSR count). The van der Waals surface area contributed by atoms with E-state index in [-0.39, 0.29) is 13.1 Å². The van der Waals surface area contributed by atoms with Crippen molar-refractivity contribution in [3.63, 3.8) is 0 Å². The Bertz CT molecular complexity index is 788. The molecular weight excluding hydrogens is 396 g/mol. The molecule has 0 atom stereocenters. The Balaban J connectivity index is 2.13. The molecule has 144 valence electrons. The van der Waals surface area contributed by atoms with Crippen molar-refractivity contribution in [2.75, 3.05) is 30.4 Å². The maximum absolute atomic E-state index is 13.2. The summed E-state index contributed by atoms with van der Waals surface area (Å²) in [4.78, 5) is 24.4. The Morgan fingerprint density at radius 1 is 1.19 bits per heavy atom. The third kappa shape index (κ3) is 6.30. The number of urea groups is 1. The number of benzene rings is 2. The zero-order valence-corrected chi connectivity index (χ0v) is 15.9. The number of alkyl halides is 2. The molecule has 0 aliphatic rings. The normalized spacial score (nSPS) is 10.4. The number of nitrogens with one attached hydrogen (secondary N) is 2. The molecule has 0 aliphatic heterocycles. The summed E-state index contributed by atoms with van der Waals surface area (Å²) >= 11 is 11.0. The molecule has 0 heterocycles. The average molecular weight is 414 g/mol. The van der Waals surface area contributed by atoms with Gasteiger partial charge in [-0.1, -0.05) is 29.3 Å². The lowest BCUT2D eigenvalue weighted by molar-refractivity contribution is -0.119.